The van der Waals surface area contributed by atoms with Crippen LogP contribution in [0.25, 0.3) is 0 Å². The molecule has 3 heteroatoms. The van der Waals surface area contributed by atoms with Crippen molar-refractivity contribution in [3.63, 3.8) is 0 Å². The number of benzene rings is 1. The Labute approximate surface area is 90.0 Å². The number of carbonyl (C=O) groups excluding carboxylic acids is 1. The molecule has 0 saturated carbocycles. The van der Waals surface area contributed by atoms with Crippen molar-refractivity contribution in [3.8, 4) is 5.75 Å². The van der Waals surface area contributed by atoms with Gasteiger partial charge < -0.3 is 9.47 Å². The Morgan fingerprint density at radius 3 is 2.67 bits per heavy atom. The van der Waals surface area contributed by atoms with Gasteiger partial charge in [0.2, 0.25) is 0 Å². The molecule has 0 radical (unpaired) electrons. The van der Waals surface area contributed by atoms with E-state index in [1.165, 1.54) is 0 Å². The molecule has 15 heavy (non-hydrogen) atoms. The Hall–Kier alpha value is -1.35. The van der Waals surface area contributed by atoms with Crippen LogP contribution in [0.3, 0.4) is 0 Å². The van der Waals surface area contributed by atoms with Gasteiger partial charge in [0, 0.05) is 12.2 Å². The molecule has 0 spiro atoms. The van der Waals surface area contributed by atoms with E-state index in [4.69, 9.17) is 9.47 Å². The lowest BCUT2D eigenvalue weighted by Gasteiger charge is -2.06. The molecule has 1 rings (SSSR count). The van der Waals surface area contributed by atoms with Crippen LogP contribution >= 0.6 is 0 Å². The normalized spacial score (nSPS) is 10.1. The summed E-state index contributed by atoms with van der Waals surface area (Å²) in [6, 6.07) is 5.38. The Morgan fingerprint density at radius 1 is 1.40 bits per heavy atom. The molecule has 3 nitrogen and oxygen atoms in total. The van der Waals surface area contributed by atoms with Gasteiger partial charge in [0.1, 0.15) is 12.4 Å². The third kappa shape index (κ3) is 3.06. The lowest BCUT2D eigenvalue weighted by Crippen LogP contribution is -2.09. The lowest BCUT2D eigenvalue weighted by molar-refractivity contribution is 0.0783. The molecule has 0 heterocycles. The molecule has 0 N–H and O–H groups in total. The Kier molecular flexibility index (Phi) is 4.31. The maximum Gasteiger partial charge on any atom is 0.188 e. The quantitative estimate of drug-likeness (QED) is 0.696. The van der Waals surface area contributed by atoms with Crippen LogP contribution in [0.5, 0.6) is 5.75 Å². The van der Waals surface area contributed by atoms with Crippen molar-refractivity contribution in [1.82, 2.24) is 0 Å². The van der Waals surface area contributed by atoms with Crippen LogP contribution in [0.4, 0.5) is 0 Å². The molecule has 0 aliphatic carbocycles. The second-order valence-electron chi connectivity index (χ2n) is 3.24. The molecule has 0 aromatic heterocycles. The van der Waals surface area contributed by atoms with Crippen molar-refractivity contribution in [2.75, 3.05) is 20.3 Å². The molecule has 0 unspecified atom stereocenters. The highest BCUT2D eigenvalue weighted by molar-refractivity contribution is 5.97. The number of aryl methyl sites for hydroxylation is 1. The second kappa shape index (κ2) is 5.51. The van der Waals surface area contributed by atoms with Gasteiger partial charge in [-0.2, -0.15) is 0 Å². The van der Waals surface area contributed by atoms with Crippen LogP contribution < -0.4 is 4.74 Å². The van der Waals surface area contributed by atoms with Crippen LogP contribution in [-0.2, 0) is 4.74 Å². The van der Waals surface area contributed by atoms with Gasteiger partial charge in [0.05, 0.1) is 7.11 Å². The zero-order valence-corrected chi connectivity index (χ0v) is 9.37. The van der Waals surface area contributed by atoms with Crippen molar-refractivity contribution >= 4 is 5.78 Å². The topological polar surface area (TPSA) is 35.5 Å². The van der Waals surface area contributed by atoms with Crippen molar-refractivity contribution in [1.29, 1.82) is 0 Å². The summed E-state index contributed by atoms with van der Waals surface area (Å²) in [6.45, 7) is 4.48. The predicted molar refractivity (Wildman–Crippen MR) is 58.6 cm³/mol. The van der Waals surface area contributed by atoms with Crippen molar-refractivity contribution < 1.29 is 14.3 Å². The van der Waals surface area contributed by atoms with Gasteiger partial charge in [-0.05, 0) is 37.6 Å². The molecular formula is C12H16O3. The summed E-state index contributed by atoms with van der Waals surface area (Å²) < 4.78 is 10.2. The fourth-order valence-corrected chi connectivity index (χ4v) is 1.33. The minimum absolute atomic E-state index is 0.00241. The van der Waals surface area contributed by atoms with Crippen molar-refractivity contribution in [3.05, 3.63) is 29.3 Å². The molecule has 0 atom stereocenters. The summed E-state index contributed by atoms with van der Waals surface area (Å²) in [7, 11) is 1.62. The average Bonchev–Trinajstić information content (AvgIpc) is 2.25. The minimum atomic E-state index is 0.00241. The monoisotopic (exact) mass is 208 g/mol. The molecule has 0 fully saturated rings. The standard InChI is InChI=1S/C12H16O3/c1-4-15-8-11(13)10-5-6-12(14-3)9(2)7-10/h5-7H,4,8H2,1-3H3. The third-order valence-electron chi connectivity index (χ3n) is 2.15. The molecular weight excluding hydrogens is 192 g/mol. The van der Waals surface area contributed by atoms with E-state index in [1.807, 2.05) is 19.9 Å². The van der Waals surface area contributed by atoms with Crippen molar-refractivity contribution in [2.45, 2.75) is 13.8 Å². The van der Waals surface area contributed by atoms with Gasteiger partial charge in [-0.25, -0.2) is 0 Å². The molecule has 0 aliphatic rings. The van der Waals surface area contributed by atoms with Gasteiger partial charge in [-0.15, -0.1) is 0 Å². The molecule has 1 aromatic rings. The third-order valence-corrected chi connectivity index (χ3v) is 2.15. The van der Waals surface area contributed by atoms with Gasteiger partial charge in [-0.1, -0.05) is 0 Å². The number of methoxy groups -OCH3 is 1. The van der Waals surface area contributed by atoms with Crippen LogP contribution in [0, 0.1) is 6.92 Å². The van der Waals surface area contributed by atoms with E-state index >= 15 is 0 Å². The maximum atomic E-state index is 11.6. The predicted octanol–water partition coefficient (Wildman–Crippen LogP) is 2.22. The lowest BCUT2D eigenvalue weighted by atomic mass is 10.1. The van der Waals surface area contributed by atoms with Gasteiger partial charge >= 0.3 is 0 Å². The van der Waals surface area contributed by atoms with E-state index in [2.05, 4.69) is 0 Å². The minimum Gasteiger partial charge on any atom is -0.496 e. The zero-order chi connectivity index (χ0) is 11.3. The SMILES string of the molecule is CCOCC(=O)c1ccc(OC)c(C)c1. The Bertz CT molecular complexity index is 345. The van der Waals surface area contributed by atoms with Crippen LogP contribution in [-0.4, -0.2) is 26.1 Å². The molecule has 1 aromatic carbocycles. The van der Waals surface area contributed by atoms with E-state index in [1.54, 1.807) is 19.2 Å². The summed E-state index contributed by atoms with van der Waals surface area (Å²) in [5, 5.41) is 0. The highest BCUT2D eigenvalue weighted by atomic mass is 16.5. The number of hydrogen-bond donors (Lipinski definition) is 0. The fraction of sp³-hybridized carbons (Fsp3) is 0.417. The van der Waals surface area contributed by atoms with Crippen molar-refractivity contribution in [2.24, 2.45) is 0 Å². The van der Waals surface area contributed by atoms with E-state index in [9.17, 15) is 4.79 Å². The van der Waals surface area contributed by atoms with Crippen LogP contribution in [0.1, 0.15) is 22.8 Å². The average molecular weight is 208 g/mol. The maximum absolute atomic E-state index is 11.6. The first-order valence-corrected chi connectivity index (χ1v) is 4.94. The number of ether oxygens (including phenoxy) is 2. The fourth-order valence-electron chi connectivity index (χ4n) is 1.33. The van der Waals surface area contributed by atoms with E-state index in [0.29, 0.717) is 12.2 Å². The largest absolute Gasteiger partial charge is 0.496 e. The second-order valence-corrected chi connectivity index (χ2v) is 3.24. The number of ketones is 1. The highest BCUT2D eigenvalue weighted by Gasteiger charge is 2.07. The molecule has 82 valence electrons. The first-order valence-electron chi connectivity index (χ1n) is 4.94. The number of carbonyl (C=O) groups is 1. The first kappa shape index (κ1) is 11.7. The Morgan fingerprint density at radius 2 is 2.13 bits per heavy atom. The summed E-state index contributed by atoms with van der Waals surface area (Å²) >= 11 is 0. The van der Waals surface area contributed by atoms with Crippen LogP contribution in [0.15, 0.2) is 18.2 Å². The van der Waals surface area contributed by atoms with Gasteiger partial charge in [-0.3, -0.25) is 4.79 Å². The van der Waals surface area contributed by atoms with E-state index in [0.717, 1.165) is 11.3 Å². The van der Waals surface area contributed by atoms with Gasteiger partial charge in [0.15, 0.2) is 5.78 Å². The number of Topliss-reactive ketones (excluding diaryl/α,β-unsaturated/α-hetero) is 1. The first-order chi connectivity index (χ1) is 7.19. The summed E-state index contributed by atoms with van der Waals surface area (Å²) in [6.07, 6.45) is 0. The molecule has 0 amide bonds. The van der Waals surface area contributed by atoms with Crippen LogP contribution in [0.2, 0.25) is 0 Å². The highest BCUT2D eigenvalue weighted by Crippen LogP contribution is 2.18. The number of rotatable bonds is 5. The summed E-state index contributed by atoms with van der Waals surface area (Å²) in [5.41, 5.74) is 1.63. The van der Waals surface area contributed by atoms with Gasteiger partial charge in [0.25, 0.3) is 0 Å². The molecule has 0 bridgehead atoms. The van der Waals surface area contributed by atoms with E-state index in [-0.39, 0.29) is 12.4 Å². The Balaban J connectivity index is 2.78. The number of hydrogen-bond acceptors (Lipinski definition) is 3. The zero-order valence-electron chi connectivity index (χ0n) is 9.37. The smallest absolute Gasteiger partial charge is 0.188 e. The molecule has 0 saturated heterocycles. The molecule has 0 aliphatic heterocycles. The summed E-state index contributed by atoms with van der Waals surface area (Å²) in [4.78, 5) is 11.6. The van der Waals surface area contributed by atoms with E-state index < -0.39 is 0 Å². The summed E-state index contributed by atoms with van der Waals surface area (Å²) in [5.74, 6) is 0.797.